The standard InChI is InChI=1S/C23H25ClN2O3/c1-6-16(4)29-22-20(24)11-17(12-21(22)28-5)10-18(13-25)23(27)26-19-8-14(2)7-15(3)9-19/h7-12,16H,6H2,1-5H3,(H,26,27)/b18-10-/t16-/m1/s1. The fraction of sp³-hybridized carbons (Fsp3) is 0.304. The number of amides is 1. The van der Waals surface area contributed by atoms with Crippen molar-refractivity contribution in [3.63, 3.8) is 0 Å². The predicted molar refractivity (Wildman–Crippen MR) is 117 cm³/mol. The minimum absolute atomic E-state index is 0.0268. The van der Waals surface area contributed by atoms with E-state index in [1.807, 2.05) is 52.0 Å². The van der Waals surface area contributed by atoms with E-state index in [1.165, 1.54) is 13.2 Å². The van der Waals surface area contributed by atoms with E-state index in [0.717, 1.165) is 17.5 Å². The molecule has 0 radical (unpaired) electrons. The van der Waals surface area contributed by atoms with Crippen LogP contribution in [0.1, 0.15) is 37.0 Å². The van der Waals surface area contributed by atoms with Gasteiger partial charge in [0.15, 0.2) is 11.5 Å². The van der Waals surface area contributed by atoms with E-state index in [4.69, 9.17) is 21.1 Å². The van der Waals surface area contributed by atoms with Gasteiger partial charge in [-0.15, -0.1) is 0 Å². The summed E-state index contributed by atoms with van der Waals surface area (Å²) in [6, 6.07) is 11.0. The van der Waals surface area contributed by atoms with Crippen molar-refractivity contribution in [3.8, 4) is 17.6 Å². The third-order valence-electron chi connectivity index (χ3n) is 4.30. The first-order valence-electron chi connectivity index (χ1n) is 9.33. The van der Waals surface area contributed by atoms with Gasteiger partial charge in [-0.1, -0.05) is 24.6 Å². The SMILES string of the molecule is CC[C@@H](C)Oc1c(Cl)cc(/C=C(/C#N)C(=O)Nc2cc(C)cc(C)c2)cc1OC. The molecule has 0 aliphatic rings. The number of benzene rings is 2. The number of ether oxygens (including phenoxy) is 2. The van der Waals surface area contributed by atoms with E-state index in [-0.39, 0.29) is 11.7 Å². The highest BCUT2D eigenvalue weighted by molar-refractivity contribution is 6.32. The monoisotopic (exact) mass is 412 g/mol. The predicted octanol–water partition coefficient (Wildman–Crippen LogP) is 5.69. The number of nitrogens with zero attached hydrogens (tertiary/aromatic N) is 1. The molecule has 1 atom stereocenters. The number of rotatable bonds is 7. The second kappa shape index (κ2) is 9.99. The lowest BCUT2D eigenvalue weighted by Gasteiger charge is -2.17. The quantitative estimate of drug-likeness (QED) is 0.468. The summed E-state index contributed by atoms with van der Waals surface area (Å²) in [5.41, 5.74) is 3.21. The fourth-order valence-corrected chi connectivity index (χ4v) is 3.05. The van der Waals surface area contributed by atoms with Crippen LogP contribution in [0, 0.1) is 25.2 Å². The van der Waals surface area contributed by atoms with Crippen LogP contribution < -0.4 is 14.8 Å². The largest absolute Gasteiger partial charge is 0.493 e. The molecule has 0 saturated carbocycles. The number of anilines is 1. The van der Waals surface area contributed by atoms with Crippen molar-refractivity contribution in [2.75, 3.05) is 12.4 Å². The Morgan fingerprint density at radius 3 is 2.45 bits per heavy atom. The van der Waals surface area contributed by atoms with Gasteiger partial charge >= 0.3 is 0 Å². The van der Waals surface area contributed by atoms with Crippen LogP contribution in [-0.4, -0.2) is 19.1 Å². The molecule has 2 aromatic carbocycles. The third kappa shape index (κ3) is 6.00. The average molecular weight is 413 g/mol. The number of carbonyl (C=O) groups excluding carboxylic acids is 1. The van der Waals surface area contributed by atoms with Crippen molar-refractivity contribution >= 4 is 29.3 Å². The first-order valence-corrected chi connectivity index (χ1v) is 9.70. The fourth-order valence-electron chi connectivity index (χ4n) is 2.78. The maximum atomic E-state index is 12.6. The van der Waals surface area contributed by atoms with Gasteiger partial charge in [0.05, 0.1) is 18.2 Å². The first kappa shape index (κ1) is 22.3. The van der Waals surface area contributed by atoms with Gasteiger partial charge in [-0.2, -0.15) is 5.26 Å². The highest BCUT2D eigenvalue weighted by Crippen LogP contribution is 2.38. The molecule has 0 heterocycles. The Kier molecular flexibility index (Phi) is 7.69. The normalized spacial score (nSPS) is 12.1. The van der Waals surface area contributed by atoms with Gasteiger partial charge in [0.25, 0.3) is 5.91 Å². The highest BCUT2D eigenvalue weighted by Gasteiger charge is 2.16. The number of methoxy groups -OCH3 is 1. The smallest absolute Gasteiger partial charge is 0.266 e. The van der Waals surface area contributed by atoms with Crippen molar-refractivity contribution in [3.05, 3.63) is 57.6 Å². The molecule has 0 unspecified atom stereocenters. The molecule has 0 aromatic heterocycles. The number of hydrogen-bond acceptors (Lipinski definition) is 4. The molecular weight excluding hydrogens is 388 g/mol. The topological polar surface area (TPSA) is 71.3 Å². The maximum Gasteiger partial charge on any atom is 0.266 e. The van der Waals surface area contributed by atoms with Gasteiger partial charge < -0.3 is 14.8 Å². The van der Waals surface area contributed by atoms with Crippen LogP contribution in [0.2, 0.25) is 5.02 Å². The Labute approximate surface area is 176 Å². The average Bonchev–Trinajstić information content (AvgIpc) is 2.66. The summed E-state index contributed by atoms with van der Waals surface area (Å²) in [4.78, 5) is 12.6. The molecule has 152 valence electrons. The second-order valence-corrected chi connectivity index (χ2v) is 7.28. The van der Waals surface area contributed by atoms with Crippen molar-refractivity contribution in [2.24, 2.45) is 0 Å². The molecule has 0 saturated heterocycles. The molecule has 2 rings (SSSR count). The lowest BCUT2D eigenvalue weighted by Crippen LogP contribution is -2.13. The van der Waals surface area contributed by atoms with Crippen LogP contribution in [0.15, 0.2) is 35.9 Å². The molecular formula is C23H25ClN2O3. The van der Waals surface area contributed by atoms with E-state index in [1.54, 1.807) is 12.1 Å². The summed E-state index contributed by atoms with van der Waals surface area (Å²) >= 11 is 6.37. The zero-order chi connectivity index (χ0) is 21.6. The lowest BCUT2D eigenvalue weighted by molar-refractivity contribution is -0.112. The molecule has 6 heteroatoms. The molecule has 0 aliphatic carbocycles. The number of nitriles is 1. The summed E-state index contributed by atoms with van der Waals surface area (Å²) in [6.07, 6.45) is 2.26. The van der Waals surface area contributed by atoms with Crippen molar-refractivity contribution in [1.29, 1.82) is 5.26 Å². The molecule has 0 fully saturated rings. The third-order valence-corrected chi connectivity index (χ3v) is 4.58. The Hall–Kier alpha value is -2.97. The molecule has 0 spiro atoms. The highest BCUT2D eigenvalue weighted by atomic mass is 35.5. The van der Waals surface area contributed by atoms with Gasteiger partial charge in [-0.25, -0.2) is 0 Å². The first-order chi connectivity index (χ1) is 13.8. The molecule has 0 aliphatic heterocycles. The minimum Gasteiger partial charge on any atom is -0.493 e. The Morgan fingerprint density at radius 1 is 1.24 bits per heavy atom. The number of nitrogens with one attached hydrogen (secondary N) is 1. The van der Waals surface area contributed by atoms with E-state index < -0.39 is 5.91 Å². The van der Waals surface area contributed by atoms with Gasteiger partial charge in [0.2, 0.25) is 0 Å². The molecule has 0 bridgehead atoms. The van der Waals surface area contributed by atoms with Gasteiger partial charge in [-0.3, -0.25) is 4.79 Å². The molecule has 5 nitrogen and oxygen atoms in total. The number of halogens is 1. The van der Waals surface area contributed by atoms with Gasteiger partial charge in [0, 0.05) is 5.69 Å². The van der Waals surface area contributed by atoms with Crippen LogP contribution in [0.25, 0.3) is 6.08 Å². The number of aryl methyl sites for hydroxylation is 2. The summed E-state index contributed by atoms with van der Waals surface area (Å²) in [5, 5.41) is 12.6. The number of hydrogen-bond donors (Lipinski definition) is 1. The molecule has 1 amide bonds. The Bertz CT molecular complexity index is 957. The van der Waals surface area contributed by atoms with Gasteiger partial charge in [0.1, 0.15) is 11.6 Å². The Balaban J connectivity index is 2.33. The van der Waals surface area contributed by atoms with Crippen LogP contribution >= 0.6 is 11.6 Å². The molecule has 2 aromatic rings. The zero-order valence-electron chi connectivity index (χ0n) is 17.3. The van der Waals surface area contributed by atoms with Crippen molar-refractivity contribution in [1.82, 2.24) is 0 Å². The van der Waals surface area contributed by atoms with Crippen LogP contribution in [0.4, 0.5) is 5.69 Å². The number of carbonyl (C=O) groups is 1. The minimum atomic E-state index is -0.493. The molecule has 29 heavy (non-hydrogen) atoms. The van der Waals surface area contributed by atoms with Crippen molar-refractivity contribution < 1.29 is 14.3 Å². The molecule has 1 N–H and O–H groups in total. The van der Waals surface area contributed by atoms with E-state index >= 15 is 0 Å². The summed E-state index contributed by atoms with van der Waals surface area (Å²) in [6.45, 7) is 7.84. The van der Waals surface area contributed by atoms with Gasteiger partial charge in [-0.05, 0) is 74.2 Å². The summed E-state index contributed by atoms with van der Waals surface area (Å²) in [5.74, 6) is 0.391. The summed E-state index contributed by atoms with van der Waals surface area (Å²) in [7, 11) is 1.51. The van der Waals surface area contributed by atoms with Crippen LogP contribution in [0.3, 0.4) is 0 Å². The lowest BCUT2D eigenvalue weighted by atomic mass is 10.1. The zero-order valence-corrected chi connectivity index (χ0v) is 18.1. The summed E-state index contributed by atoms with van der Waals surface area (Å²) < 4.78 is 11.2. The van der Waals surface area contributed by atoms with Crippen LogP contribution in [0.5, 0.6) is 11.5 Å². The van der Waals surface area contributed by atoms with E-state index in [0.29, 0.717) is 27.8 Å². The maximum absolute atomic E-state index is 12.6. The van der Waals surface area contributed by atoms with Crippen molar-refractivity contribution in [2.45, 2.75) is 40.2 Å². The van der Waals surface area contributed by atoms with E-state index in [9.17, 15) is 10.1 Å². The Morgan fingerprint density at radius 2 is 1.90 bits per heavy atom. The van der Waals surface area contributed by atoms with E-state index in [2.05, 4.69) is 5.32 Å². The second-order valence-electron chi connectivity index (χ2n) is 6.87. The van der Waals surface area contributed by atoms with Crippen LogP contribution in [-0.2, 0) is 4.79 Å².